The van der Waals surface area contributed by atoms with Crippen molar-refractivity contribution in [3.8, 4) is 11.4 Å². The van der Waals surface area contributed by atoms with E-state index >= 15 is 0 Å². The van der Waals surface area contributed by atoms with E-state index in [0.29, 0.717) is 18.2 Å². The van der Waals surface area contributed by atoms with Gasteiger partial charge in [-0.15, -0.1) is 11.3 Å². The topological polar surface area (TPSA) is 66.3 Å². The number of aryl methyl sites for hydroxylation is 1. The first kappa shape index (κ1) is 20.9. The van der Waals surface area contributed by atoms with Crippen molar-refractivity contribution in [1.82, 2.24) is 9.97 Å². The van der Waals surface area contributed by atoms with Gasteiger partial charge in [-0.1, -0.05) is 11.6 Å². The maximum Gasteiger partial charge on any atom is 0.303 e. The summed E-state index contributed by atoms with van der Waals surface area (Å²) in [6.45, 7) is 3.38. The maximum absolute atomic E-state index is 14.5. The van der Waals surface area contributed by atoms with Gasteiger partial charge in [0.25, 0.3) is 0 Å². The van der Waals surface area contributed by atoms with Crippen molar-refractivity contribution in [2.24, 2.45) is 5.92 Å². The highest BCUT2D eigenvalue weighted by Gasteiger charge is 2.25. The van der Waals surface area contributed by atoms with Crippen molar-refractivity contribution >= 4 is 44.9 Å². The molecule has 4 rings (SSSR count). The molecule has 1 aliphatic rings. The van der Waals surface area contributed by atoms with E-state index in [2.05, 4.69) is 14.9 Å². The van der Waals surface area contributed by atoms with Crippen LogP contribution in [0.5, 0.6) is 0 Å². The van der Waals surface area contributed by atoms with Crippen LogP contribution in [0.25, 0.3) is 21.6 Å². The minimum atomic E-state index is -0.772. The van der Waals surface area contributed by atoms with Crippen LogP contribution in [-0.2, 0) is 4.79 Å². The first-order valence-corrected chi connectivity index (χ1v) is 11.0. The van der Waals surface area contributed by atoms with E-state index in [0.717, 1.165) is 53.8 Å². The summed E-state index contributed by atoms with van der Waals surface area (Å²) in [5.41, 5.74) is 1.65. The number of hydrogen-bond acceptors (Lipinski definition) is 5. The summed E-state index contributed by atoms with van der Waals surface area (Å²) in [6, 6.07) is 1.97. The predicted molar refractivity (Wildman–Crippen MR) is 114 cm³/mol. The zero-order valence-electron chi connectivity index (χ0n) is 16.3. The Morgan fingerprint density at radius 1 is 1.27 bits per heavy atom. The summed E-state index contributed by atoms with van der Waals surface area (Å²) in [7, 11) is 0. The smallest absolute Gasteiger partial charge is 0.303 e. The second-order valence-electron chi connectivity index (χ2n) is 7.58. The highest BCUT2D eigenvalue weighted by atomic mass is 35.5. The molecule has 1 aromatic carbocycles. The lowest BCUT2D eigenvalue weighted by Gasteiger charge is -2.33. The first-order valence-electron chi connectivity index (χ1n) is 9.71. The van der Waals surface area contributed by atoms with Crippen LogP contribution in [0, 0.1) is 24.5 Å². The number of benzene rings is 1. The van der Waals surface area contributed by atoms with Gasteiger partial charge >= 0.3 is 5.97 Å². The highest BCUT2D eigenvalue weighted by molar-refractivity contribution is 7.18. The normalized spacial score (nSPS) is 15.1. The monoisotopic (exact) mass is 451 g/mol. The maximum atomic E-state index is 14.5. The number of carbonyl (C=O) groups is 1. The zero-order chi connectivity index (χ0) is 21.4. The van der Waals surface area contributed by atoms with Crippen LogP contribution in [0.1, 0.15) is 31.2 Å². The van der Waals surface area contributed by atoms with Crippen LogP contribution >= 0.6 is 22.9 Å². The molecule has 0 radical (unpaired) electrons. The number of fused-ring (bicyclic) bond motifs is 1. The Hall–Kier alpha value is -2.32. The molecule has 1 saturated heterocycles. The van der Waals surface area contributed by atoms with Crippen molar-refractivity contribution in [1.29, 1.82) is 0 Å². The van der Waals surface area contributed by atoms with E-state index in [4.69, 9.17) is 16.7 Å². The molecule has 158 valence electrons. The van der Waals surface area contributed by atoms with Crippen LogP contribution in [-0.4, -0.2) is 34.1 Å². The summed E-state index contributed by atoms with van der Waals surface area (Å²) >= 11 is 7.22. The summed E-state index contributed by atoms with van der Waals surface area (Å²) < 4.78 is 29.4. The molecule has 2 aromatic heterocycles. The number of halogens is 3. The number of rotatable bonds is 5. The molecule has 30 heavy (non-hydrogen) atoms. The number of hydrogen-bond donors (Lipinski definition) is 1. The molecule has 0 spiro atoms. The van der Waals surface area contributed by atoms with E-state index in [1.807, 2.05) is 12.3 Å². The minimum absolute atomic E-state index is 0.0259. The lowest BCUT2D eigenvalue weighted by Crippen LogP contribution is -2.34. The molecule has 0 atom stereocenters. The van der Waals surface area contributed by atoms with Gasteiger partial charge in [-0.05, 0) is 55.2 Å². The van der Waals surface area contributed by atoms with Crippen LogP contribution in [0.15, 0.2) is 17.5 Å². The fourth-order valence-corrected chi connectivity index (χ4v) is 4.96. The summed E-state index contributed by atoms with van der Waals surface area (Å²) in [5, 5.41) is 10.6. The molecular formula is C21H20ClF2N3O2S. The van der Waals surface area contributed by atoms with E-state index in [-0.39, 0.29) is 22.8 Å². The van der Waals surface area contributed by atoms with E-state index in [1.165, 1.54) is 11.3 Å². The fraction of sp³-hybridized carbons (Fsp3) is 0.381. The summed E-state index contributed by atoms with van der Waals surface area (Å²) in [4.78, 5) is 22.1. The van der Waals surface area contributed by atoms with E-state index < -0.39 is 17.6 Å². The van der Waals surface area contributed by atoms with Gasteiger partial charge in [-0.25, -0.2) is 18.7 Å². The Labute approximate surface area is 181 Å². The highest BCUT2D eigenvalue weighted by Crippen LogP contribution is 2.37. The first-order chi connectivity index (χ1) is 14.3. The van der Waals surface area contributed by atoms with Crippen LogP contribution < -0.4 is 4.90 Å². The minimum Gasteiger partial charge on any atom is -0.481 e. The van der Waals surface area contributed by atoms with Crippen LogP contribution in [0.3, 0.4) is 0 Å². The third-order valence-electron chi connectivity index (χ3n) is 5.51. The van der Waals surface area contributed by atoms with Crippen LogP contribution in [0.4, 0.5) is 14.6 Å². The number of aliphatic carboxylic acids is 1. The van der Waals surface area contributed by atoms with Crippen molar-refractivity contribution in [3.63, 3.8) is 0 Å². The molecule has 3 heterocycles. The number of carboxylic acid groups (broad SMARTS) is 1. The molecule has 0 aliphatic carbocycles. The Morgan fingerprint density at radius 2 is 2.00 bits per heavy atom. The van der Waals surface area contributed by atoms with Gasteiger partial charge in [0.1, 0.15) is 11.6 Å². The van der Waals surface area contributed by atoms with Gasteiger partial charge in [-0.2, -0.15) is 0 Å². The standard InChI is InChI=1S/C21H20ClF2N3O2S/c1-11-10-30-19-18(11)25-20(13-8-16(24)14(22)9-15(13)23)26-21(19)27-6-4-12(5-7-27)2-3-17(28)29/h8-10,12H,2-7H2,1H3,(H,28,29). The van der Waals surface area contributed by atoms with E-state index in [1.54, 1.807) is 0 Å². The summed E-state index contributed by atoms with van der Waals surface area (Å²) in [6.07, 6.45) is 2.57. The third-order valence-corrected chi connectivity index (χ3v) is 6.88. The second kappa shape index (κ2) is 8.43. The third kappa shape index (κ3) is 4.11. The zero-order valence-corrected chi connectivity index (χ0v) is 17.9. The Kier molecular flexibility index (Phi) is 5.88. The van der Waals surface area contributed by atoms with Gasteiger partial charge in [-0.3, -0.25) is 4.79 Å². The number of aromatic nitrogens is 2. The molecule has 0 bridgehead atoms. The lowest BCUT2D eigenvalue weighted by atomic mass is 9.92. The van der Waals surface area contributed by atoms with Gasteiger partial charge in [0.05, 0.1) is 20.8 Å². The van der Waals surface area contributed by atoms with Gasteiger partial charge in [0.2, 0.25) is 0 Å². The number of piperidine rings is 1. The Balaban J connectivity index is 1.69. The second-order valence-corrected chi connectivity index (χ2v) is 8.86. The largest absolute Gasteiger partial charge is 0.481 e. The summed E-state index contributed by atoms with van der Waals surface area (Å²) in [5.74, 6) is -0.973. The number of anilines is 1. The Morgan fingerprint density at radius 3 is 2.70 bits per heavy atom. The molecule has 5 nitrogen and oxygen atoms in total. The van der Waals surface area contributed by atoms with Crippen LogP contribution in [0.2, 0.25) is 5.02 Å². The average Bonchev–Trinajstić information content (AvgIpc) is 3.10. The molecule has 9 heteroatoms. The van der Waals surface area contributed by atoms with Gasteiger partial charge in [0, 0.05) is 19.5 Å². The number of thiophene rings is 1. The van der Waals surface area contributed by atoms with Crippen molar-refractivity contribution in [2.75, 3.05) is 18.0 Å². The number of nitrogens with zero attached hydrogens (tertiary/aromatic N) is 3. The molecular weight excluding hydrogens is 432 g/mol. The quantitative estimate of drug-likeness (QED) is 0.505. The Bertz CT molecular complexity index is 1110. The van der Waals surface area contributed by atoms with Crippen molar-refractivity contribution in [3.05, 3.63) is 39.7 Å². The van der Waals surface area contributed by atoms with Crippen molar-refractivity contribution < 1.29 is 18.7 Å². The van der Waals surface area contributed by atoms with Crippen molar-refractivity contribution in [2.45, 2.75) is 32.6 Å². The molecule has 1 aliphatic heterocycles. The fourth-order valence-electron chi connectivity index (χ4n) is 3.81. The van der Waals surface area contributed by atoms with Gasteiger partial charge in [0.15, 0.2) is 11.6 Å². The predicted octanol–water partition coefficient (Wildman–Crippen LogP) is 5.68. The molecule has 1 N–H and O–H groups in total. The average molecular weight is 452 g/mol. The molecule has 0 unspecified atom stereocenters. The SMILES string of the molecule is Cc1csc2c(N3CCC(CCC(=O)O)CC3)nc(-c3cc(F)c(Cl)cc3F)nc12. The van der Waals surface area contributed by atoms with Gasteiger partial charge < -0.3 is 10.0 Å². The molecule has 0 amide bonds. The molecule has 3 aromatic rings. The molecule has 1 fully saturated rings. The lowest BCUT2D eigenvalue weighted by molar-refractivity contribution is -0.137. The number of carboxylic acids is 1. The van der Waals surface area contributed by atoms with E-state index in [9.17, 15) is 13.6 Å². The molecule has 0 saturated carbocycles.